The van der Waals surface area contributed by atoms with Crippen molar-refractivity contribution in [2.75, 3.05) is 0 Å². The zero-order chi connectivity index (χ0) is 12.0. The Morgan fingerprint density at radius 2 is 1.65 bits per heavy atom. The van der Waals surface area contributed by atoms with Crippen LogP contribution in [0.2, 0.25) is 0 Å². The van der Waals surface area contributed by atoms with Gasteiger partial charge in [-0.25, -0.2) is 0 Å². The maximum atomic E-state index is 5.87. The van der Waals surface area contributed by atoms with E-state index in [4.69, 9.17) is 5.73 Å². The SMILES string of the molecule is CC1(C)c2ccccc2-c2c(CN)cccc21. The standard InChI is InChI=1S/C16H17N/c1-16(2)13-8-4-3-7-12(13)15-11(10-17)6-5-9-14(15)16/h3-9H,10,17H2,1-2H3. The summed E-state index contributed by atoms with van der Waals surface area (Å²) in [7, 11) is 0. The highest BCUT2D eigenvalue weighted by atomic mass is 14.5. The fraction of sp³-hybridized carbons (Fsp3) is 0.250. The highest BCUT2D eigenvalue weighted by Crippen LogP contribution is 2.49. The number of hydrogen-bond donors (Lipinski definition) is 1. The molecule has 17 heavy (non-hydrogen) atoms. The first-order valence-electron chi connectivity index (χ1n) is 6.08. The Labute approximate surface area is 102 Å². The fourth-order valence-electron chi connectivity index (χ4n) is 3.00. The Hall–Kier alpha value is -1.60. The maximum absolute atomic E-state index is 5.87. The molecule has 1 aliphatic carbocycles. The Balaban J connectivity index is 2.41. The first-order chi connectivity index (χ1) is 8.16. The molecular weight excluding hydrogens is 206 g/mol. The average Bonchev–Trinajstić information content (AvgIpc) is 2.60. The van der Waals surface area contributed by atoms with Gasteiger partial charge in [0.15, 0.2) is 0 Å². The second-order valence-corrected chi connectivity index (χ2v) is 5.21. The third-order valence-electron chi connectivity index (χ3n) is 3.91. The zero-order valence-electron chi connectivity index (χ0n) is 10.3. The lowest BCUT2D eigenvalue weighted by atomic mass is 9.82. The van der Waals surface area contributed by atoms with Crippen LogP contribution in [-0.2, 0) is 12.0 Å². The number of fused-ring (bicyclic) bond motifs is 3. The lowest BCUT2D eigenvalue weighted by Gasteiger charge is -2.21. The lowest BCUT2D eigenvalue weighted by molar-refractivity contribution is 0.660. The summed E-state index contributed by atoms with van der Waals surface area (Å²) in [5.74, 6) is 0. The van der Waals surface area contributed by atoms with E-state index in [0.717, 1.165) is 0 Å². The first kappa shape index (κ1) is 10.5. The maximum Gasteiger partial charge on any atom is 0.0184 e. The van der Waals surface area contributed by atoms with Crippen molar-refractivity contribution in [1.29, 1.82) is 0 Å². The second-order valence-electron chi connectivity index (χ2n) is 5.21. The molecule has 3 rings (SSSR count). The Kier molecular flexibility index (Phi) is 2.14. The molecule has 1 nitrogen and oxygen atoms in total. The van der Waals surface area contributed by atoms with E-state index in [9.17, 15) is 0 Å². The van der Waals surface area contributed by atoms with Crippen molar-refractivity contribution in [3.63, 3.8) is 0 Å². The molecule has 0 radical (unpaired) electrons. The highest BCUT2D eigenvalue weighted by molar-refractivity contribution is 5.82. The minimum Gasteiger partial charge on any atom is -0.326 e. The molecule has 86 valence electrons. The van der Waals surface area contributed by atoms with Crippen molar-refractivity contribution in [3.8, 4) is 11.1 Å². The van der Waals surface area contributed by atoms with E-state index in [-0.39, 0.29) is 5.41 Å². The van der Waals surface area contributed by atoms with Crippen molar-refractivity contribution in [2.45, 2.75) is 25.8 Å². The third kappa shape index (κ3) is 1.29. The van der Waals surface area contributed by atoms with Crippen molar-refractivity contribution in [2.24, 2.45) is 5.73 Å². The van der Waals surface area contributed by atoms with Gasteiger partial charge in [0, 0.05) is 12.0 Å². The number of hydrogen-bond acceptors (Lipinski definition) is 1. The molecule has 0 saturated carbocycles. The van der Waals surface area contributed by atoms with E-state index in [2.05, 4.69) is 56.3 Å². The Morgan fingerprint density at radius 3 is 2.41 bits per heavy atom. The van der Waals surface area contributed by atoms with Crippen LogP contribution in [-0.4, -0.2) is 0 Å². The summed E-state index contributed by atoms with van der Waals surface area (Å²) < 4.78 is 0. The molecule has 0 saturated heterocycles. The molecule has 0 heterocycles. The van der Waals surface area contributed by atoms with E-state index in [1.54, 1.807) is 0 Å². The summed E-state index contributed by atoms with van der Waals surface area (Å²) in [5.41, 5.74) is 12.7. The summed E-state index contributed by atoms with van der Waals surface area (Å²) in [6.45, 7) is 5.18. The van der Waals surface area contributed by atoms with Gasteiger partial charge in [0.1, 0.15) is 0 Å². The van der Waals surface area contributed by atoms with Gasteiger partial charge in [-0.1, -0.05) is 56.3 Å². The van der Waals surface area contributed by atoms with Crippen LogP contribution in [0.5, 0.6) is 0 Å². The molecule has 0 unspecified atom stereocenters. The van der Waals surface area contributed by atoms with Gasteiger partial charge in [-0.3, -0.25) is 0 Å². The van der Waals surface area contributed by atoms with Crippen LogP contribution in [0, 0.1) is 0 Å². The summed E-state index contributed by atoms with van der Waals surface area (Å²) in [6.07, 6.45) is 0. The predicted octanol–water partition coefficient (Wildman–Crippen LogP) is 3.45. The topological polar surface area (TPSA) is 26.0 Å². The van der Waals surface area contributed by atoms with Crippen molar-refractivity contribution in [1.82, 2.24) is 0 Å². The van der Waals surface area contributed by atoms with Crippen LogP contribution >= 0.6 is 0 Å². The monoisotopic (exact) mass is 223 g/mol. The molecule has 0 fully saturated rings. The van der Waals surface area contributed by atoms with Gasteiger partial charge in [0.2, 0.25) is 0 Å². The normalized spacial score (nSPS) is 15.5. The van der Waals surface area contributed by atoms with Gasteiger partial charge in [-0.15, -0.1) is 0 Å². The van der Waals surface area contributed by atoms with Crippen molar-refractivity contribution in [3.05, 3.63) is 59.2 Å². The summed E-state index contributed by atoms with van der Waals surface area (Å²) in [4.78, 5) is 0. The second kappa shape index (κ2) is 3.44. The molecule has 0 spiro atoms. The van der Waals surface area contributed by atoms with E-state index in [1.807, 2.05) is 0 Å². The van der Waals surface area contributed by atoms with Gasteiger partial charge in [0.05, 0.1) is 0 Å². The summed E-state index contributed by atoms with van der Waals surface area (Å²) in [6, 6.07) is 15.2. The number of benzene rings is 2. The molecule has 2 aromatic carbocycles. The van der Waals surface area contributed by atoms with Crippen LogP contribution < -0.4 is 5.73 Å². The van der Waals surface area contributed by atoms with E-state index in [1.165, 1.54) is 27.8 Å². The molecule has 0 bridgehead atoms. The molecule has 0 atom stereocenters. The van der Waals surface area contributed by atoms with Crippen LogP contribution in [0.15, 0.2) is 42.5 Å². The highest BCUT2D eigenvalue weighted by Gasteiger charge is 2.35. The molecular formula is C16H17N. The van der Waals surface area contributed by atoms with Crippen LogP contribution in [0.25, 0.3) is 11.1 Å². The molecule has 0 aromatic heterocycles. The molecule has 0 aliphatic heterocycles. The lowest BCUT2D eigenvalue weighted by Crippen LogP contribution is -2.15. The summed E-state index contributed by atoms with van der Waals surface area (Å²) in [5, 5.41) is 0. The van der Waals surface area contributed by atoms with Crippen LogP contribution in [0.1, 0.15) is 30.5 Å². The van der Waals surface area contributed by atoms with Gasteiger partial charge in [-0.2, -0.15) is 0 Å². The fourth-order valence-corrected chi connectivity index (χ4v) is 3.00. The minimum absolute atomic E-state index is 0.0944. The minimum atomic E-state index is 0.0944. The molecule has 2 aromatic rings. The third-order valence-corrected chi connectivity index (χ3v) is 3.91. The zero-order valence-corrected chi connectivity index (χ0v) is 10.3. The van der Waals surface area contributed by atoms with Gasteiger partial charge < -0.3 is 5.73 Å². The van der Waals surface area contributed by atoms with Crippen molar-refractivity contribution < 1.29 is 0 Å². The summed E-state index contributed by atoms with van der Waals surface area (Å²) >= 11 is 0. The van der Waals surface area contributed by atoms with Crippen molar-refractivity contribution >= 4 is 0 Å². The molecule has 0 amide bonds. The largest absolute Gasteiger partial charge is 0.326 e. The molecule has 1 heteroatoms. The molecule has 2 N–H and O–H groups in total. The van der Waals surface area contributed by atoms with Gasteiger partial charge >= 0.3 is 0 Å². The Bertz CT molecular complexity index is 582. The van der Waals surface area contributed by atoms with E-state index >= 15 is 0 Å². The smallest absolute Gasteiger partial charge is 0.0184 e. The van der Waals surface area contributed by atoms with E-state index < -0.39 is 0 Å². The van der Waals surface area contributed by atoms with Gasteiger partial charge in [0.25, 0.3) is 0 Å². The number of nitrogens with two attached hydrogens (primary N) is 1. The molecule has 1 aliphatic rings. The average molecular weight is 223 g/mol. The van der Waals surface area contributed by atoms with E-state index in [0.29, 0.717) is 6.54 Å². The van der Waals surface area contributed by atoms with Crippen LogP contribution in [0.3, 0.4) is 0 Å². The number of rotatable bonds is 1. The van der Waals surface area contributed by atoms with Crippen LogP contribution in [0.4, 0.5) is 0 Å². The first-order valence-corrected chi connectivity index (χ1v) is 6.08. The quantitative estimate of drug-likeness (QED) is 0.787. The predicted molar refractivity (Wildman–Crippen MR) is 71.9 cm³/mol. The Morgan fingerprint density at radius 1 is 0.941 bits per heavy atom. The van der Waals surface area contributed by atoms with Gasteiger partial charge in [-0.05, 0) is 27.8 Å².